The molecular weight excluding hydrogens is 238 g/mol. The number of hydrogen-bond donors (Lipinski definition) is 1. The normalized spacial score (nSPS) is 12.4. The molecule has 2 N–H and O–H groups in total. The summed E-state index contributed by atoms with van der Waals surface area (Å²) in [5.74, 6) is 1.95. The van der Waals surface area contributed by atoms with Crippen molar-refractivity contribution < 1.29 is 4.74 Å². The molecular formula is C15H21N3O. The summed E-state index contributed by atoms with van der Waals surface area (Å²) in [6, 6.07) is 6.15. The van der Waals surface area contributed by atoms with Crippen LogP contribution >= 0.6 is 0 Å². The van der Waals surface area contributed by atoms with E-state index in [2.05, 4.69) is 11.1 Å². The van der Waals surface area contributed by atoms with Crippen LogP contribution in [0.15, 0.2) is 30.6 Å². The highest BCUT2D eigenvalue weighted by Crippen LogP contribution is 2.21. The number of aromatic nitrogens is 2. The lowest BCUT2D eigenvalue weighted by Crippen LogP contribution is -2.08. The predicted molar refractivity (Wildman–Crippen MR) is 76.2 cm³/mol. The monoisotopic (exact) mass is 259 g/mol. The molecule has 2 rings (SSSR count). The van der Waals surface area contributed by atoms with Gasteiger partial charge >= 0.3 is 0 Å². The quantitative estimate of drug-likeness (QED) is 0.897. The molecule has 1 atom stereocenters. The molecule has 102 valence electrons. The number of ether oxygens (including phenoxy) is 1. The van der Waals surface area contributed by atoms with Gasteiger partial charge in [0.1, 0.15) is 11.6 Å². The lowest BCUT2D eigenvalue weighted by molar-refractivity contribution is 0.315. The van der Waals surface area contributed by atoms with Gasteiger partial charge in [0.05, 0.1) is 6.61 Å². The van der Waals surface area contributed by atoms with Crippen molar-refractivity contribution in [3.8, 4) is 5.75 Å². The number of rotatable bonds is 5. The molecule has 1 heterocycles. The van der Waals surface area contributed by atoms with Gasteiger partial charge in [0.15, 0.2) is 0 Å². The molecule has 0 radical (unpaired) electrons. The fraction of sp³-hybridized carbons (Fsp3) is 0.400. The molecule has 0 aliphatic rings. The lowest BCUT2D eigenvalue weighted by Gasteiger charge is -2.12. The third-order valence-corrected chi connectivity index (χ3v) is 3.23. The van der Waals surface area contributed by atoms with E-state index in [0.717, 1.165) is 29.1 Å². The van der Waals surface area contributed by atoms with Crippen LogP contribution in [0.3, 0.4) is 0 Å². The Bertz CT molecular complexity index is 546. The van der Waals surface area contributed by atoms with Crippen molar-refractivity contribution in [1.29, 1.82) is 0 Å². The first-order valence-electron chi connectivity index (χ1n) is 6.53. The van der Waals surface area contributed by atoms with Crippen molar-refractivity contribution in [2.45, 2.75) is 26.3 Å². The minimum Gasteiger partial charge on any atom is -0.493 e. The fourth-order valence-electron chi connectivity index (χ4n) is 2.01. The van der Waals surface area contributed by atoms with E-state index >= 15 is 0 Å². The molecule has 0 fully saturated rings. The van der Waals surface area contributed by atoms with E-state index in [-0.39, 0.29) is 6.04 Å². The first-order valence-corrected chi connectivity index (χ1v) is 6.53. The molecule has 0 amide bonds. The SMILES string of the molecule is Cc1cc([C@@H](C)N)ccc1OCCc1nccn1C. The summed E-state index contributed by atoms with van der Waals surface area (Å²) < 4.78 is 7.82. The summed E-state index contributed by atoms with van der Waals surface area (Å²) in [6.07, 6.45) is 4.55. The molecule has 0 aliphatic heterocycles. The molecule has 0 unspecified atom stereocenters. The number of hydrogen-bond acceptors (Lipinski definition) is 3. The molecule has 0 bridgehead atoms. The summed E-state index contributed by atoms with van der Waals surface area (Å²) in [6.45, 7) is 4.65. The fourth-order valence-corrected chi connectivity index (χ4v) is 2.01. The van der Waals surface area contributed by atoms with Crippen molar-refractivity contribution in [2.24, 2.45) is 12.8 Å². The maximum Gasteiger partial charge on any atom is 0.122 e. The molecule has 1 aromatic carbocycles. The standard InChI is InChI=1S/C15H21N3O/c1-11-10-13(12(2)16)4-5-14(11)19-9-6-15-17-7-8-18(15)3/h4-5,7-8,10,12H,6,9,16H2,1-3H3/t12-/m1/s1. The Morgan fingerprint density at radius 1 is 1.42 bits per heavy atom. The smallest absolute Gasteiger partial charge is 0.122 e. The van der Waals surface area contributed by atoms with E-state index in [4.69, 9.17) is 10.5 Å². The Morgan fingerprint density at radius 3 is 2.79 bits per heavy atom. The second-order valence-electron chi connectivity index (χ2n) is 4.87. The number of benzene rings is 1. The highest BCUT2D eigenvalue weighted by atomic mass is 16.5. The van der Waals surface area contributed by atoms with Crippen LogP contribution in [0.25, 0.3) is 0 Å². The first kappa shape index (κ1) is 13.6. The largest absolute Gasteiger partial charge is 0.493 e. The molecule has 0 spiro atoms. The molecule has 4 heteroatoms. The topological polar surface area (TPSA) is 53.1 Å². The van der Waals surface area contributed by atoms with Gasteiger partial charge in [0.25, 0.3) is 0 Å². The Balaban J connectivity index is 1.95. The summed E-state index contributed by atoms with van der Waals surface area (Å²) in [4.78, 5) is 4.27. The van der Waals surface area contributed by atoms with Crippen LogP contribution < -0.4 is 10.5 Å². The molecule has 2 aromatic rings. The van der Waals surface area contributed by atoms with Crippen LogP contribution in [0.1, 0.15) is 29.9 Å². The zero-order valence-electron chi connectivity index (χ0n) is 11.8. The highest BCUT2D eigenvalue weighted by molar-refractivity contribution is 5.37. The number of nitrogens with zero attached hydrogens (tertiary/aromatic N) is 2. The number of nitrogens with two attached hydrogens (primary N) is 1. The Morgan fingerprint density at radius 2 is 2.21 bits per heavy atom. The van der Waals surface area contributed by atoms with Crippen LogP contribution in [0.2, 0.25) is 0 Å². The maximum atomic E-state index is 5.86. The summed E-state index contributed by atoms with van der Waals surface area (Å²) in [7, 11) is 1.99. The van der Waals surface area contributed by atoms with E-state index in [9.17, 15) is 0 Å². The second-order valence-corrected chi connectivity index (χ2v) is 4.87. The van der Waals surface area contributed by atoms with Crippen LogP contribution in [0.5, 0.6) is 5.75 Å². The maximum absolute atomic E-state index is 5.86. The lowest BCUT2D eigenvalue weighted by atomic mass is 10.1. The van der Waals surface area contributed by atoms with Gasteiger partial charge in [0, 0.05) is 31.9 Å². The van der Waals surface area contributed by atoms with Crippen molar-refractivity contribution in [2.75, 3.05) is 6.61 Å². The van der Waals surface area contributed by atoms with Crippen LogP contribution in [-0.4, -0.2) is 16.2 Å². The molecule has 1 aromatic heterocycles. The van der Waals surface area contributed by atoms with E-state index in [1.807, 2.05) is 43.8 Å². The van der Waals surface area contributed by atoms with Gasteiger partial charge in [-0.15, -0.1) is 0 Å². The van der Waals surface area contributed by atoms with Crippen LogP contribution in [-0.2, 0) is 13.5 Å². The minimum atomic E-state index is 0.0559. The zero-order valence-corrected chi connectivity index (χ0v) is 11.8. The van der Waals surface area contributed by atoms with Crippen molar-refractivity contribution in [3.05, 3.63) is 47.5 Å². The zero-order chi connectivity index (χ0) is 13.8. The Labute approximate surface area is 114 Å². The van der Waals surface area contributed by atoms with Gasteiger partial charge in [-0.2, -0.15) is 0 Å². The van der Waals surface area contributed by atoms with Gasteiger partial charge in [-0.25, -0.2) is 4.98 Å². The van der Waals surface area contributed by atoms with Gasteiger partial charge in [-0.05, 0) is 31.0 Å². The highest BCUT2D eigenvalue weighted by Gasteiger charge is 2.05. The molecule has 4 nitrogen and oxygen atoms in total. The van der Waals surface area contributed by atoms with Gasteiger partial charge < -0.3 is 15.0 Å². The van der Waals surface area contributed by atoms with Crippen molar-refractivity contribution >= 4 is 0 Å². The van der Waals surface area contributed by atoms with E-state index in [1.165, 1.54) is 0 Å². The van der Waals surface area contributed by atoms with E-state index in [0.29, 0.717) is 6.61 Å². The van der Waals surface area contributed by atoms with E-state index in [1.54, 1.807) is 6.20 Å². The van der Waals surface area contributed by atoms with E-state index < -0.39 is 0 Å². The molecule has 0 aliphatic carbocycles. The first-order chi connectivity index (χ1) is 9.08. The minimum absolute atomic E-state index is 0.0559. The van der Waals surface area contributed by atoms with Crippen molar-refractivity contribution in [1.82, 2.24) is 9.55 Å². The second kappa shape index (κ2) is 5.89. The Kier molecular flexibility index (Phi) is 4.22. The third-order valence-electron chi connectivity index (χ3n) is 3.23. The molecule has 0 saturated carbocycles. The molecule has 0 saturated heterocycles. The summed E-state index contributed by atoms with van der Waals surface area (Å²) in [5.41, 5.74) is 8.12. The van der Waals surface area contributed by atoms with Crippen LogP contribution in [0, 0.1) is 6.92 Å². The Hall–Kier alpha value is -1.81. The van der Waals surface area contributed by atoms with Gasteiger partial charge in [-0.3, -0.25) is 0 Å². The molecule has 19 heavy (non-hydrogen) atoms. The summed E-state index contributed by atoms with van der Waals surface area (Å²) >= 11 is 0. The van der Waals surface area contributed by atoms with Gasteiger partial charge in [-0.1, -0.05) is 12.1 Å². The average molecular weight is 259 g/mol. The predicted octanol–water partition coefficient (Wildman–Crippen LogP) is 2.37. The third kappa shape index (κ3) is 3.35. The summed E-state index contributed by atoms with van der Waals surface area (Å²) in [5, 5.41) is 0. The van der Waals surface area contributed by atoms with Crippen molar-refractivity contribution in [3.63, 3.8) is 0 Å². The van der Waals surface area contributed by atoms with Gasteiger partial charge in [0.2, 0.25) is 0 Å². The number of aryl methyl sites for hydroxylation is 2. The number of imidazole rings is 1. The average Bonchev–Trinajstić information content (AvgIpc) is 2.77. The van der Waals surface area contributed by atoms with Crippen LogP contribution in [0.4, 0.5) is 0 Å².